The highest BCUT2D eigenvalue weighted by Crippen LogP contribution is 2.21. The van der Waals surface area contributed by atoms with Crippen LogP contribution in [0.5, 0.6) is 5.75 Å². The second-order valence-corrected chi connectivity index (χ2v) is 4.70. The summed E-state index contributed by atoms with van der Waals surface area (Å²) in [6.07, 6.45) is 0.427. The van der Waals surface area contributed by atoms with Gasteiger partial charge in [-0.1, -0.05) is 35.6 Å². The minimum atomic E-state index is -0.388. The molecule has 0 fully saturated rings. The average Bonchev–Trinajstić information content (AvgIpc) is 2.47. The molecule has 108 valence electrons. The molecule has 0 heterocycles. The van der Waals surface area contributed by atoms with Crippen LogP contribution in [0.4, 0.5) is 4.39 Å². The first-order valence-corrected chi connectivity index (χ1v) is 6.84. The van der Waals surface area contributed by atoms with Crippen molar-refractivity contribution in [3.8, 4) is 17.6 Å². The SMILES string of the molecule is OCCC#Cc1cccc(OCc2c(F)cccc2Cl)c1. The van der Waals surface area contributed by atoms with Crippen molar-refractivity contribution in [1.82, 2.24) is 0 Å². The first-order chi connectivity index (χ1) is 10.2. The van der Waals surface area contributed by atoms with Crippen LogP contribution < -0.4 is 4.74 Å². The third-order valence-electron chi connectivity index (χ3n) is 2.75. The van der Waals surface area contributed by atoms with E-state index >= 15 is 0 Å². The number of aliphatic hydroxyl groups is 1. The summed E-state index contributed by atoms with van der Waals surface area (Å²) in [7, 11) is 0. The van der Waals surface area contributed by atoms with Gasteiger partial charge in [-0.15, -0.1) is 0 Å². The lowest BCUT2D eigenvalue weighted by atomic mass is 10.2. The van der Waals surface area contributed by atoms with Gasteiger partial charge in [0.05, 0.1) is 11.6 Å². The van der Waals surface area contributed by atoms with Crippen LogP contribution in [0.1, 0.15) is 17.5 Å². The zero-order valence-electron chi connectivity index (χ0n) is 11.3. The minimum Gasteiger partial charge on any atom is -0.489 e. The summed E-state index contributed by atoms with van der Waals surface area (Å²) in [6, 6.07) is 11.7. The lowest BCUT2D eigenvalue weighted by Crippen LogP contribution is -1.99. The Kier molecular flexibility index (Phi) is 5.62. The third kappa shape index (κ3) is 4.49. The molecule has 0 amide bonds. The highest BCUT2D eigenvalue weighted by atomic mass is 35.5. The summed E-state index contributed by atoms with van der Waals surface area (Å²) in [5.41, 5.74) is 1.11. The second kappa shape index (κ2) is 7.68. The van der Waals surface area contributed by atoms with Gasteiger partial charge in [0.2, 0.25) is 0 Å². The number of hydrogen-bond acceptors (Lipinski definition) is 2. The maximum atomic E-state index is 13.6. The Hall–Kier alpha value is -2.02. The van der Waals surface area contributed by atoms with Crippen molar-refractivity contribution in [3.05, 3.63) is 64.4 Å². The van der Waals surface area contributed by atoms with Crippen LogP contribution in [-0.4, -0.2) is 11.7 Å². The Balaban J connectivity index is 2.07. The van der Waals surface area contributed by atoms with Gasteiger partial charge in [-0.2, -0.15) is 0 Å². The first kappa shape index (κ1) is 15.4. The molecule has 0 radical (unpaired) electrons. The average molecular weight is 305 g/mol. The molecule has 21 heavy (non-hydrogen) atoms. The van der Waals surface area contributed by atoms with E-state index in [1.54, 1.807) is 30.3 Å². The summed E-state index contributed by atoms with van der Waals surface area (Å²) in [6.45, 7) is 0.0913. The first-order valence-electron chi connectivity index (χ1n) is 6.46. The highest BCUT2D eigenvalue weighted by Gasteiger charge is 2.07. The molecule has 0 atom stereocenters. The van der Waals surface area contributed by atoms with Crippen molar-refractivity contribution < 1.29 is 14.2 Å². The summed E-state index contributed by atoms with van der Waals surface area (Å²) >= 11 is 5.95. The predicted molar refractivity (Wildman–Crippen MR) is 80.8 cm³/mol. The van der Waals surface area contributed by atoms with E-state index in [1.165, 1.54) is 6.07 Å². The molecular formula is C17H14ClFO2. The van der Waals surface area contributed by atoms with E-state index in [-0.39, 0.29) is 19.0 Å². The maximum Gasteiger partial charge on any atom is 0.131 e. The van der Waals surface area contributed by atoms with Crippen LogP contribution in [0.15, 0.2) is 42.5 Å². The quantitative estimate of drug-likeness (QED) is 0.871. The van der Waals surface area contributed by atoms with Crippen LogP contribution in [0.25, 0.3) is 0 Å². The molecule has 2 aromatic rings. The van der Waals surface area contributed by atoms with Gasteiger partial charge in [-0.3, -0.25) is 0 Å². The van der Waals surface area contributed by atoms with Crippen molar-refractivity contribution in [2.45, 2.75) is 13.0 Å². The lowest BCUT2D eigenvalue weighted by molar-refractivity contribution is 0.300. The molecule has 0 aliphatic carbocycles. The van der Waals surface area contributed by atoms with Crippen molar-refractivity contribution in [2.75, 3.05) is 6.61 Å². The number of ether oxygens (including phenoxy) is 1. The van der Waals surface area contributed by atoms with E-state index in [0.29, 0.717) is 22.8 Å². The monoisotopic (exact) mass is 304 g/mol. The fourth-order valence-corrected chi connectivity index (χ4v) is 1.93. The molecule has 2 rings (SSSR count). The molecule has 0 saturated carbocycles. The summed E-state index contributed by atoms with van der Waals surface area (Å²) < 4.78 is 19.2. The van der Waals surface area contributed by atoms with E-state index in [0.717, 1.165) is 5.56 Å². The van der Waals surface area contributed by atoms with Gasteiger partial charge in [0.25, 0.3) is 0 Å². The molecule has 0 bridgehead atoms. The van der Waals surface area contributed by atoms with Crippen molar-refractivity contribution in [2.24, 2.45) is 0 Å². The molecule has 0 spiro atoms. The van der Waals surface area contributed by atoms with Crippen LogP contribution in [0.2, 0.25) is 5.02 Å². The molecule has 0 unspecified atom stereocenters. The van der Waals surface area contributed by atoms with Crippen LogP contribution in [0, 0.1) is 17.7 Å². The fraction of sp³-hybridized carbons (Fsp3) is 0.176. The maximum absolute atomic E-state index is 13.6. The van der Waals surface area contributed by atoms with Gasteiger partial charge in [0.15, 0.2) is 0 Å². The van der Waals surface area contributed by atoms with Gasteiger partial charge in [0.1, 0.15) is 18.2 Å². The predicted octanol–water partition coefficient (Wildman–Crippen LogP) is 3.79. The molecule has 2 nitrogen and oxygen atoms in total. The van der Waals surface area contributed by atoms with Gasteiger partial charge < -0.3 is 9.84 Å². The Labute approximate surface area is 128 Å². The van der Waals surface area contributed by atoms with Gasteiger partial charge in [0, 0.05) is 17.5 Å². The number of aliphatic hydroxyl groups excluding tert-OH is 1. The third-order valence-corrected chi connectivity index (χ3v) is 3.10. The molecule has 4 heteroatoms. The van der Waals surface area contributed by atoms with E-state index in [9.17, 15) is 4.39 Å². The molecule has 0 aliphatic rings. The lowest BCUT2D eigenvalue weighted by Gasteiger charge is -2.09. The summed E-state index contributed by atoms with van der Waals surface area (Å²) in [4.78, 5) is 0. The highest BCUT2D eigenvalue weighted by molar-refractivity contribution is 6.31. The minimum absolute atomic E-state index is 0.0367. The molecule has 1 N–H and O–H groups in total. The molecule has 0 aliphatic heterocycles. The zero-order chi connectivity index (χ0) is 15.1. The summed E-state index contributed by atoms with van der Waals surface area (Å²) in [5, 5.41) is 9.03. The van der Waals surface area contributed by atoms with Crippen molar-refractivity contribution in [1.29, 1.82) is 0 Å². The van der Waals surface area contributed by atoms with Crippen molar-refractivity contribution in [3.63, 3.8) is 0 Å². The number of benzene rings is 2. The smallest absolute Gasteiger partial charge is 0.131 e. The molecule has 0 aromatic heterocycles. The summed E-state index contributed by atoms with van der Waals surface area (Å²) in [5.74, 6) is 5.95. The largest absolute Gasteiger partial charge is 0.489 e. The van der Waals surface area contributed by atoms with Crippen LogP contribution >= 0.6 is 11.6 Å². The Morgan fingerprint density at radius 1 is 1.19 bits per heavy atom. The molecule has 2 aromatic carbocycles. The standard InChI is InChI=1S/C17H14ClFO2/c18-16-8-4-9-17(19)15(16)12-21-14-7-3-6-13(11-14)5-1-2-10-20/h3-4,6-9,11,20H,2,10,12H2. The van der Waals surface area contributed by atoms with E-state index in [4.69, 9.17) is 21.4 Å². The number of rotatable bonds is 4. The zero-order valence-corrected chi connectivity index (χ0v) is 12.0. The topological polar surface area (TPSA) is 29.5 Å². The number of hydrogen-bond donors (Lipinski definition) is 1. The van der Waals surface area contributed by atoms with E-state index in [1.807, 2.05) is 6.07 Å². The van der Waals surface area contributed by atoms with Gasteiger partial charge in [-0.05, 0) is 30.3 Å². The van der Waals surface area contributed by atoms with Crippen LogP contribution in [-0.2, 0) is 6.61 Å². The Morgan fingerprint density at radius 3 is 2.76 bits per heavy atom. The van der Waals surface area contributed by atoms with E-state index in [2.05, 4.69) is 11.8 Å². The Morgan fingerprint density at radius 2 is 2.00 bits per heavy atom. The number of halogens is 2. The van der Waals surface area contributed by atoms with Gasteiger partial charge in [-0.25, -0.2) is 4.39 Å². The van der Waals surface area contributed by atoms with Crippen LogP contribution in [0.3, 0.4) is 0 Å². The van der Waals surface area contributed by atoms with Gasteiger partial charge >= 0.3 is 0 Å². The van der Waals surface area contributed by atoms with E-state index < -0.39 is 0 Å². The van der Waals surface area contributed by atoms with Crippen molar-refractivity contribution >= 4 is 11.6 Å². The molecular weight excluding hydrogens is 291 g/mol. The Bertz CT molecular complexity index is 654. The fourth-order valence-electron chi connectivity index (χ4n) is 1.71. The molecule has 0 saturated heterocycles. The normalized spacial score (nSPS) is 9.86. The second-order valence-electron chi connectivity index (χ2n) is 4.29.